The lowest BCUT2D eigenvalue weighted by atomic mass is 10.0. The third-order valence-electron chi connectivity index (χ3n) is 5.59. The Morgan fingerprint density at radius 1 is 1.05 bits per heavy atom. The molecule has 0 aliphatic heterocycles. The van der Waals surface area contributed by atoms with Gasteiger partial charge in [-0.25, -0.2) is 4.68 Å². The predicted molar refractivity (Wildman–Crippen MR) is 141 cm³/mol. The van der Waals surface area contributed by atoms with Crippen molar-refractivity contribution >= 4 is 22.9 Å². The van der Waals surface area contributed by atoms with E-state index >= 15 is 0 Å². The number of hydrogen-bond donors (Lipinski definition) is 0. The minimum atomic E-state index is -2.83. The standard InChI is InChI=1S/C18H15N3O2.C10H11F2NO2/c1-3-21-18(22)16-10-14(23-2)7-8-15(16)17(20-21)13-6-4-5-12(9-13)11-19;1-2-13(7-14)8-3-5-9(6-4-8)15-10(11)12/h4-10H,3H2,1-2H3;3-7,10H,2H2,1H3. The van der Waals surface area contributed by atoms with Gasteiger partial charge in [0.05, 0.1) is 29.8 Å². The largest absolute Gasteiger partial charge is 0.497 e. The third kappa shape index (κ3) is 6.50. The van der Waals surface area contributed by atoms with Gasteiger partial charge in [-0.3, -0.25) is 9.59 Å². The first-order valence-corrected chi connectivity index (χ1v) is 11.7. The molecule has 0 saturated carbocycles. The molecule has 0 unspecified atom stereocenters. The van der Waals surface area contributed by atoms with Crippen molar-refractivity contribution in [1.82, 2.24) is 9.78 Å². The zero-order chi connectivity index (χ0) is 27.7. The van der Waals surface area contributed by atoms with Crippen molar-refractivity contribution in [3.63, 3.8) is 0 Å². The highest BCUT2D eigenvalue weighted by Gasteiger charge is 2.13. The van der Waals surface area contributed by atoms with Crippen molar-refractivity contribution in [2.24, 2.45) is 0 Å². The van der Waals surface area contributed by atoms with E-state index in [-0.39, 0.29) is 11.3 Å². The molecule has 0 bridgehead atoms. The summed E-state index contributed by atoms with van der Waals surface area (Å²) in [5, 5.41) is 14.9. The van der Waals surface area contributed by atoms with Crippen LogP contribution in [0.15, 0.2) is 71.5 Å². The maximum Gasteiger partial charge on any atom is 0.387 e. The number of benzene rings is 3. The van der Waals surface area contributed by atoms with Crippen molar-refractivity contribution in [3.8, 4) is 28.8 Å². The maximum atomic E-state index is 12.5. The molecular formula is C28H26F2N4O4. The molecule has 1 aromatic heterocycles. The second kappa shape index (κ2) is 13.0. The van der Waals surface area contributed by atoms with Crippen LogP contribution in [0.2, 0.25) is 0 Å². The molecule has 0 N–H and O–H groups in total. The number of amides is 1. The molecule has 8 nitrogen and oxygen atoms in total. The fourth-order valence-corrected chi connectivity index (χ4v) is 3.69. The van der Waals surface area contributed by atoms with Gasteiger partial charge in [0.2, 0.25) is 6.41 Å². The van der Waals surface area contributed by atoms with Crippen LogP contribution < -0.4 is 19.9 Å². The predicted octanol–water partition coefficient (Wildman–Crippen LogP) is 5.23. The van der Waals surface area contributed by atoms with Gasteiger partial charge >= 0.3 is 6.61 Å². The van der Waals surface area contributed by atoms with Crippen LogP contribution in [-0.2, 0) is 11.3 Å². The molecular weight excluding hydrogens is 494 g/mol. The molecule has 0 saturated heterocycles. The van der Waals surface area contributed by atoms with Gasteiger partial charge in [0.25, 0.3) is 5.56 Å². The van der Waals surface area contributed by atoms with Crippen LogP contribution in [0.1, 0.15) is 19.4 Å². The van der Waals surface area contributed by atoms with Crippen LogP contribution in [-0.4, -0.2) is 36.5 Å². The van der Waals surface area contributed by atoms with E-state index in [4.69, 9.17) is 10.00 Å². The Bertz CT molecular complexity index is 1500. The second-order valence-electron chi connectivity index (χ2n) is 7.84. The van der Waals surface area contributed by atoms with Gasteiger partial charge in [-0.1, -0.05) is 12.1 Å². The summed E-state index contributed by atoms with van der Waals surface area (Å²) in [4.78, 5) is 24.6. The summed E-state index contributed by atoms with van der Waals surface area (Å²) in [6.07, 6.45) is 0.684. The smallest absolute Gasteiger partial charge is 0.387 e. The van der Waals surface area contributed by atoms with Crippen molar-refractivity contribution in [1.29, 1.82) is 5.26 Å². The third-order valence-corrected chi connectivity index (χ3v) is 5.59. The normalized spacial score (nSPS) is 10.3. The number of halogens is 2. The van der Waals surface area contributed by atoms with E-state index < -0.39 is 6.61 Å². The Morgan fingerprint density at radius 2 is 1.76 bits per heavy atom. The lowest BCUT2D eigenvalue weighted by Crippen LogP contribution is -2.23. The second-order valence-corrected chi connectivity index (χ2v) is 7.84. The van der Waals surface area contributed by atoms with Crippen LogP contribution in [0.4, 0.5) is 14.5 Å². The van der Waals surface area contributed by atoms with Gasteiger partial charge in [-0.05, 0) is 68.4 Å². The number of aromatic nitrogens is 2. The van der Waals surface area contributed by atoms with Crippen LogP contribution in [0.5, 0.6) is 11.5 Å². The maximum absolute atomic E-state index is 12.5. The highest BCUT2D eigenvalue weighted by molar-refractivity contribution is 5.94. The van der Waals surface area contributed by atoms with Gasteiger partial charge in [-0.2, -0.15) is 19.1 Å². The average molecular weight is 521 g/mol. The van der Waals surface area contributed by atoms with Gasteiger partial charge < -0.3 is 14.4 Å². The number of carbonyl (C=O) groups excluding carboxylic acids is 1. The minimum absolute atomic E-state index is 0.0794. The molecule has 1 amide bonds. The van der Waals surface area contributed by atoms with E-state index in [2.05, 4.69) is 15.9 Å². The van der Waals surface area contributed by atoms with E-state index in [0.717, 1.165) is 10.9 Å². The van der Waals surface area contributed by atoms with E-state index in [9.17, 15) is 18.4 Å². The Balaban J connectivity index is 0.000000232. The molecule has 0 radical (unpaired) electrons. The lowest BCUT2D eigenvalue weighted by molar-refractivity contribution is -0.107. The van der Waals surface area contributed by atoms with Crippen molar-refractivity contribution in [2.75, 3.05) is 18.6 Å². The Hall–Kier alpha value is -4.78. The molecule has 196 valence electrons. The number of nitrogens with zero attached hydrogens (tertiary/aromatic N) is 4. The van der Waals surface area contributed by atoms with Gasteiger partial charge in [0.15, 0.2) is 0 Å². The fourth-order valence-electron chi connectivity index (χ4n) is 3.69. The topological polar surface area (TPSA) is 97.5 Å². The van der Waals surface area contributed by atoms with Crippen LogP contribution >= 0.6 is 0 Å². The average Bonchev–Trinajstić information content (AvgIpc) is 2.94. The molecule has 0 spiro atoms. The van der Waals surface area contributed by atoms with E-state index in [1.807, 2.05) is 32.0 Å². The number of nitriles is 1. The zero-order valence-corrected chi connectivity index (χ0v) is 21.1. The minimum Gasteiger partial charge on any atom is -0.497 e. The monoisotopic (exact) mass is 520 g/mol. The van der Waals surface area contributed by atoms with Gasteiger partial charge in [0, 0.05) is 29.7 Å². The first-order valence-electron chi connectivity index (χ1n) is 11.7. The van der Waals surface area contributed by atoms with Crippen LogP contribution in [0, 0.1) is 11.3 Å². The number of fused-ring (bicyclic) bond motifs is 1. The van der Waals surface area contributed by atoms with Crippen molar-refractivity contribution in [3.05, 3.63) is 82.6 Å². The molecule has 0 aliphatic rings. The number of hydrogen-bond acceptors (Lipinski definition) is 6. The molecule has 10 heteroatoms. The Morgan fingerprint density at radius 3 is 2.34 bits per heavy atom. The number of alkyl halides is 2. The highest BCUT2D eigenvalue weighted by Crippen LogP contribution is 2.28. The molecule has 0 atom stereocenters. The summed E-state index contributed by atoms with van der Waals surface area (Å²) in [6.45, 7) is 1.85. The Kier molecular flexibility index (Phi) is 9.48. The molecule has 3 aromatic carbocycles. The molecule has 4 rings (SSSR count). The molecule has 0 aliphatic carbocycles. The number of methoxy groups -OCH3 is 1. The SMILES string of the molecule is CCN(C=O)c1ccc(OC(F)F)cc1.CCn1nc(-c2cccc(C#N)c2)c2ccc(OC)cc2c1=O. The van der Waals surface area contributed by atoms with Gasteiger partial charge in [-0.15, -0.1) is 0 Å². The quantitative estimate of drug-likeness (QED) is 0.295. The summed E-state index contributed by atoms with van der Waals surface area (Å²) in [5.41, 5.74) is 2.54. The van der Waals surface area contributed by atoms with Crippen LogP contribution in [0.3, 0.4) is 0 Å². The summed E-state index contributed by atoms with van der Waals surface area (Å²) in [5.74, 6) is 0.705. The van der Waals surface area contributed by atoms with Gasteiger partial charge in [0.1, 0.15) is 11.5 Å². The fraction of sp³-hybridized carbons (Fsp3) is 0.214. The first kappa shape index (κ1) is 27.8. The first-order chi connectivity index (χ1) is 18.3. The van der Waals surface area contributed by atoms with E-state index in [1.165, 1.54) is 21.7 Å². The number of rotatable bonds is 8. The van der Waals surface area contributed by atoms with Crippen LogP contribution in [0.25, 0.3) is 22.0 Å². The summed E-state index contributed by atoms with van der Waals surface area (Å²) in [6, 6.07) is 20.6. The zero-order valence-electron chi connectivity index (χ0n) is 21.1. The lowest BCUT2D eigenvalue weighted by Gasteiger charge is -2.15. The molecule has 0 fully saturated rings. The number of carbonyl (C=O) groups is 1. The van der Waals surface area contributed by atoms with E-state index in [1.54, 1.807) is 43.5 Å². The summed E-state index contributed by atoms with van der Waals surface area (Å²) < 4.78 is 34.5. The van der Waals surface area contributed by atoms with E-state index in [0.29, 0.717) is 47.6 Å². The highest BCUT2D eigenvalue weighted by atomic mass is 19.3. The Labute approximate surface area is 218 Å². The molecule has 1 heterocycles. The van der Waals surface area contributed by atoms with Crippen molar-refractivity contribution < 1.29 is 23.0 Å². The summed E-state index contributed by atoms with van der Waals surface area (Å²) in [7, 11) is 1.57. The number of anilines is 1. The number of ether oxygens (including phenoxy) is 2. The summed E-state index contributed by atoms with van der Waals surface area (Å²) >= 11 is 0. The number of aryl methyl sites for hydroxylation is 1. The molecule has 38 heavy (non-hydrogen) atoms. The van der Waals surface area contributed by atoms with Crippen molar-refractivity contribution in [2.45, 2.75) is 27.0 Å². The molecule has 4 aromatic rings.